The molecule has 2 rings (SSSR count). The van der Waals surface area contributed by atoms with E-state index in [-0.39, 0.29) is 11.8 Å². The lowest BCUT2D eigenvalue weighted by atomic mass is 10.1. The van der Waals surface area contributed by atoms with Crippen molar-refractivity contribution < 1.29 is 4.79 Å². The Hall–Kier alpha value is -1.51. The maximum absolute atomic E-state index is 11.7. The number of nitrogens with zero attached hydrogens (tertiary/aromatic N) is 1. The molecule has 0 aliphatic carbocycles. The number of fused-ring (bicyclic) bond motifs is 1. The van der Waals surface area contributed by atoms with Gasteiger partial charge in [-0.1, -0.05) is 32.0 Å². The van der Waals surface area contributed by atoms with Crippen LogP contribution in [0.25, 0.3) is 0 Å². The molecule has 0 spiro atoms. The third-order valence-electron chi connectivity index (χ3n) is 2.96. The van der Waals surface area contributed by atoms with Gasteiger partial charge in [-0.3, -0.25) is 15.2 Å². The third-order valence-corrected chi connectivity index (χ3v) is 2.96. The van der Waals surface area contributed by atoms with Crippen molar-refractivity contribution in [3.8, 4) is 0 Å². The van der Waals surface area contributed by atoms with Gasteiger partial charge >= 0.3 is 0 Å². The molecule has 3 heteroatoms. The fraction of sp³-hybridized carbons (Fsp3) is 0.462. The van der Waals surface area contributed by atoms with Crippen molar-refractivity contribution in [1.82, 2.24) is 5.43 Å². The summed E-state index contributed by atoms with van der Waals surface area (Å²) in [7, 11) is 0. The van der Waals surface area contributed by atoms with Gasteiger partial charge in [-0.15, -0.1) is 0 Å². The first-order valence-corrected chi connectivity index (χ1v) is 5.77. The molecular formula is C13H18N2O. The summed E-state index contributed by atoms with van der Waals surface area (Å²) in [5, 5.41) is 1.98. The average Bonchev–Trinajstić information content (AvgIpc) is 2.55. The lowest BCUT2D eigenvalue weighted by Crippen LogP contribution is -2.47. The fourth-order valence-electron chi connectivity index (χ4n) is 1.98. The first-order valence-electron chi connectivity index (χ1n) is 5.77. The van der Waals surface area contributed by atoms with Crippen molar-refractivity contribution in [2.45, 2.75) is 33.2 Å². The van der Waals surface area contributed by atoms with Crippen molar-refractivity contribution in [2.24, 2.45) is 5.92 Å². The van der Waals surface area contributed by atoms with Gasteiger partial charge in [0.25, 0.3) is 0 Å². The predicted octanol–water partition coefficient (Wildman–Crippen LogP) is 2.12. The Morgan fingerprint density at radius 2 is 2.12 bits per heavy atom. The molecule has 0 saturated heterocycles. The molecule has 0 aromatic heterocycles. The quantitative estimate of drug-likeness (QED) is 0.824. The van der Waals surface area contributed by atoms with E-state index < -0.39 is 0 Å². The van der Waals surface area contributed by atoms with E-state index in [1.165, 1.54) is 5.56 Å². The summed E-state index contributed by atoms with van der Waals surface area (Å²) in [5.41, 5.74) is 5.41. The van der Waals surface area contributed by atoms with Crippen LogP contribution < -0.4 is 10.4 Å². The van der Waals surface area contributed by atoms with Gasteiger partial charge in [0.15, 0.2) is 0 Å². The number of benzene rings is 1. The highest BCUT2D eigenvalue weighted by molar-refractivity contribution is 5.80. The molecule has 1 aromatic rings. The largest absolute Gasteiger partial charge is 0.282 e. The van der Waals surface area contributed by atoms with Gasteiger partial charge in [0.2, 0.25) is 5.91 Å². The van der Waals surface area contributed by atoms with Gasteiger partial charge in [0.05, 0.1) is 11.7 Å². The standard InChI is InChI=1S/C13H18N2O/c1-9(2)13(16)14-15-10(3)8-11-6-4-5-7-12(11)15/h4-7,9-10H,8H2,1-3H3,(H,14,16)/t10-/m0/s1. The summed E-state index contributed by atoms with van der Waals surface area (Å²) in [6.45, 7) is 5.94. The van der Waals surface area contributed by atoms with Crippen LogP contribution in [0.2, 0.25) is 0 Å². The predicted molar refractivity (Wildman–Crippen MR) is 65.1 cm³/mol. The summed E-state index contributed by atoms with van der Waals surface area (Å²) in [6.07, 6.45) is 0.995. The van der Waals surface area contributed by atoms with Gasteiger partial charge in [0.1, 0.15) is 0 Å². The van der Waals surface area contributed by atoms with Crippen LogP contribution in [-0.2, 0) is 11.2 Å². The minimum Gasteiger partial charge on any atom is -0.282 e. The number of anilines is 1. The number of hydrazine groups is 1. The third kappa shape index (κ3) is 1.90. The molecule has 1 aromatic carbocycles. The highest BCUT2D eigenvalue weighted by atomic mass is 16.2. The normalized spacial score (nSPS) is 18.8. The number of carbonyl (C=O) groups excluding carboxylic acids is 1. The molecule has 1 aliphatic heterocycles. The SMILES string of the molecule is CC(C)C(=O)NN1c2ccccc2C[C@@H]1C. The minimum atomic E-state index is 0.0139. The Labute approximate surface area is 96.4 Å². The topological polar surface area (TPSA) is 32.3 Å². The minimum absolute atomic E-state index is 0.0139. The highest BCUT2D eigenvalue weighted by Crippen LogP contribution is 2.29. The van der Waals surface area contributed by atoms with E-state index in [2.05, 4.69) is 24.5 Å². The van der Waals surface area contributed by atoms with Gasteiger partial charge < -0.3 is 0 Å². The van der Waals surface area contributed by atoms with Gasteiger partial charge in [-0.2, -0.15) is 0 Å². The number of amides is 1. The molecule has 1 heterocycles. The number of rotatable bonds is 2. The maximum atomic E-state index is 11.7. The van der Waals surface area contributed by atoms with Crippen molar-refractivity contribution in [2.75, 3.05) is 5.01 Å². The Morgan fingerprint density at radius 1 is 1.44 bits per heavy atom. The smallest absolute Gasteiger partial charge is 0.241 e. The Morgan fingerprint density at radius 3 is 2.81 bits per heavy atom. The van der Waals surface area contributed by atoms with Crippen LogP contribution in [0.5, 0.6) is 0 Å². The van der Waals surface area contributed by atoms with E-state index in [1.807, 2.05) is 31.0 Å². The van der Waals surface area contributed by atoms with Crippen LogP contribution in [0.1, 0.15) is 26.3 Å². The van der Waals surface area contributed by atoms with Crippen LogP contribution in [0, 0.1) is 5.92 Å². The molecule has 1 atom stereocenters. The monoisotopic (exact) mass is 218 g/mol. The molecule has 0 radical (unpaired) electrons. The number of hydrogen-bond donors (Lipinski definition) is 1. The lowest BCUT2D eigenvalue weighted by Gasteiger charge is -2.26. The number of nitrogens with one attached hydrogen (secondary N) is 1. The van der Waals surface area contributed by atoms with Crippen molar-refractivity contribution >= 4 is 11.6 Å². The van der Waals surface area contributed by atoms with Crippen LogP contribution in [-0.4, -0.2) is 11.9 Å². The number of carbonyl (C=O) groups is 1. The molecule has 1 amide bonds. The summed E-state index contributed by atoms with van der Waals surface area (Å²) in [6, 6.07) is 8.55. The fourth-order valence-corrected chi connectivity index (χ4v) is 1.98. The van der Waals surface area contributed by atoms with E-state index in [0.717, 1.165) is 12.1 Å². The van der Waals surface area contributed by atoms with Crippen molar-refractivity contribution in [3.05, 3.63) is 29.8 Å². The Bertz CT molecular complexity index is 401. The van der Waals surface area contributed by atoms with E-state index in [1.54, 1.807) is 0 Å². The first-order chi connectivity index (χ1) is 7.59. The second-order valence-electron chi connectivity index (χ2n) is 4.68. The molecule has 16 heavy (non-hydrogen) atoms. The van der Waals surface area contributed by atoms with Crippen molar-refractivity contribution in [1.29, 1.82) is 0 Å². The number of hydrogen-bond acceptors (Lipinski definition) is 2. The van der Waals surface area contributed by atoms with E-state index in [0.29, 0.717) is 6.04 Å². The second-order valence-corrected chi connectivity index (χ2v) is 4.68. The van der Waals surface area contributed by atoms with E-state index in [9.17, 15) is 4.79 Å². The molecule has 0 saturated carbocycles. The summed E-state index contributed by atoms with van der Waals surface area (Å²) in [5.74, 6) is 0.0866. The summed E-state index contributed by atoms with van der Waals surface area (Å²) in [4.78, 5) is 11.7. The molecular weight excluding hydrogens is 200 g/mol. The van der Waals surface area contributed by atoms with E-state index in [4.69, 9.17) is 0 Å². The zero-order valence-corrected chi connectivity index (χ0v) is 10.0. The Balaban J connectivity index is 2.19. The van der Waals surface area contributed by atoms with Crippen LogP contribution in [0.4, 0.5) is 5.69 Å². The average molecular weight is 218 g/mol. The van der Waals surface area contributed by atoms with Crippen LogP contribution in [0.15, 0.2) is 24.3 Å². The highest BCUT2D eigenvalue weighted by Gasteiger charge is 2.27. The first kappa shape index (κ1) is 11.0. The Kier molecular flexibility index (Phi) is 2.86. The summed E-state index contributed by atoms with van der Waals surface area (Å²) >= 11 is 0. The van der Waals surface area contributed by atoms with Gasteiger partial charge in [-0.05, 0) is 25.0 Å². The van der Waals surface area contributed by atoms with Crippen molar-refractivity contribution in [3.63, 3.8) is 0 Å². The second kappa shape index (κ2) is 4.16. The number of para-hydroxylation sites is 1. The molecule has 3 nitrogen and oxygen atoms in total. The van der Waals surface area contributed by atoms with Crippen LogP contribution >= 0.6 is 0 Å². The molecule has 0 bridgehead atoms. The van der Waals surface area contributed by atoms with Gasteiger partial charge in [-0.25, -0.2) is 0 Å². The summed E-state index contributed by atoms with van der Waals surface area (Å²) < 4.78 is 0. The maximum Gasteiger partial charge on any atom is 0.241 e. The molecule has 1 N–H and O–H groups in total. The van der Waals surface area contributed by atoms with E-state index >= 15 is 0 Å². The molecule has 0 fully saturated rings. The molecule has 1 aliphatic rings. The van der Waals surface area contributed by atoms with Gasteiger partial charge in [0, 0.05) is 5.92 Å². The zero-order valence-electron chi connectivity index (χ0n) is 10.0. The lowest BCUT2D eigenvalue weighted by molar-refractivity contribution is -0.124. The molecule has 0 unspecified atom stereocenters. The zero-order chi connectivity index (χ0) is 11.7. The molecule has 86 valence electrons. The van der Waals surface area contributed by atoms with Crippen LogP contribution in [0.3, 0.4) is 0 Å².